The fraction of sp³-hybridized carbons (Fsp3) is 0.478. The van der Waals surface area contributed by atoms with Crippen LogP contribution in [0.2, 0.25) is 0 Å². The predicted molar refractivity (Wildman–Crippen MR) is 121 cm³/mol. The van der Waals surface area contributed by atoms with Crippen LogP contribution in [0.3, 0.4) is 0 Å². The number of nitrogens with zero attached hydrogens (tertiary/aromatic N) is 1. The van der Waals surface area contributed by atoms with Gasteiger partial charge in [0, 0.05) is 32.2 Å². The van der Waals surface area contributed by atoms with Crippen LogP contribution in [0, 0.1) is 5.92 Å². The van der Waals surface area contributed by atoms with E-state index in [4.69, 9.17) is 4.74 Å². The third kappa shape index (κ3) is 5.87. The van der Waals surface area contributed by atoms with Crippen LogP contribution in [0.15, 0.2) is 54.6 Å². The first-order valence-corrected chi connectivity index (χ1v) is 10.2. The van der Waals surface area contributed by atoms with E-state index in [-0.39, 0.29) is 24.8 Å². The van der Waals surface area contributed by atoms with Crippen molar-refractivity contribution in [2.45, 2.75) is 38.1 Å². The molecule has 2 fully saturated rings. The lowest BCUT2D eigenvalue weighted by atomic mass is 9.80. The van der Waals surface area contributed by atoms with Gasteiger partial charge in [0.1, 0.15) is 11.5 Å². The summed E-state index contributed by atoms with van der Waals surface area (Å²) < 4.78 is 6.11. The summed E-state index contributed by atoms with van der Waals surface area (Å²) >= 11 is 0. The van der Waals surface area contributed by atoms with E-state index in [0.29, 0.717) is 6.04 Å². The van der Waals surface area contributed by atoms with Crippen LogP contribution in [-0.2, 0) is 0 Å². The molecule has 0 bridgehead atoms. The Kier molecular flexibility index (Phi) is 9.60. The number of halogens is 2. The van der Waals surface area contributed by atoms with E-state index in [1.165, 1.54) is 37.7 Å². The zero-order valence-electron chi connectivity index (χ0n) is 16.4. The molecule has 5 heteroatoms. The second-order valence-electron chi connectivity index (χ2n) is 7.62. The Hall–Kier alpha value is -1.26. The number of ether oxygens (including phenoxy) is 1. The van der Waals surface area contributed by atoms with Crippen LogP contribution in [-0.4, -0.2) is 31.1 Å². The average Bonchev–Trinajstić information content (AvgIpc) is 2.71. The van der Waals surface area contributed by atoms with Crippen LogP contribution >= 0.6 is 24.8 Å². The number of benzene rings is 2. The van der Waals surface area contributed by atoms with Gasteiger partial charge >= 0.3 is 0 Å². The molecule has 1 saturated carbocycles. The van der Waals surface area contributed by atoms with E-state index in [9.17, 15) is 0 Å². The minimum absolute atomic E-state index is 0. The molecule has 3 nitrogen and oxygen atoms in total. The fourth-order valence-electron chi connectivity index (χ4n) is 4.58. The summed E-state index contributed by atoms with van der Waals surface area (Å²) in [6.07, 6.45) is 6.89. The average molecular weight is 423 g/mol. The molecule has 0 amide bonds. The molecule has 1 saturated heterocycles. The SMILES string of the molecule is Cl.Cl.c1ccc(Oc2cccc([C@H](C3CCCCC3)N3CCNCC3)c2)cc1. The van der Waals surface area contributed by atoms with Gasteiger partial charge in [-0.25, -0.2) is 0 Å². The Morgan fingerprint density at radius 2 is 1.50 bits per heavy atom. The number of hydrogen-bond acceptors (Lipinski definition) is 3. The molecule has 0 unspecified atom stereocenters. The normalized spacial score (nSPS) is 19.1. The molecule has 2 aromatic carbocycles. The standard InChI is InChI=1S/C23H30N2O.2ClH/c1-3-8-19(9-4-1)23(25-16-14-24-15-17-25)20-10-7-13-22(18-20)26-21-11-5-2-6-12-21;;/h2,5-7,10-13,18-19,23-24H,1,3-4,8-9,14-17H2;2*1H/t23-;;/m0../s1. The van der Waals surface area contributed by atoms with Crippen molar-refractivity contribution in [1.29, 1.82) is 0 Å². The van der Waals surface area contributed by atoms with Crippen LogP contribution in [0.5, 0.6) is 11.5 Å². The first-order valence-electron chi connectivity index (χ1n) is 10.2. The fourth-order valence-corrected chi connectivity index (χ4v) is 4.58. The molecule has 2 aliphatic rings. The number of hydrogen-bond donors (Lipinski definition) is 1. The van der Waals surface area contributed by atoms with Crippen molar-refractivity contribution in [3.63, 3.8) is 0 Å². The van der Waals surface area contributed by atoms with Crippen molar-refractivity contribution in [1.82, 2.24) is 10.2 Å². The highest BCUT2D eigenvalue weighted by atomic mass is 35.5. The second kappa shape index (κ2) is 11.7. The molecular formula is C23H32Cl2N2O. The van der Waals surface area contributed by atoms with Crippen molar-refractivity contribution >= 4 is 24.8 Å². The van der Waals surface area contributed by atoms with Crippen molar-refractivity contribution in [3.05, 3.63) is 60.2 Å². The molecule has 0 spiro atoms. The largest absolute Gasteiger partial charge is 0.457 e. The quantitative estimate of drug-likeness (QED) is 0.653. The van der Waals surface area contributed by atoms with Gasteiger partial charge < -0.3 is 10.1 Å². The molecule has 154 valence electrons. The van der Waals surface area contributed by atoms with Crippen LogP contribution in [0.25, 0.3) is 0 Å². The van der Waals surface area contributed by atoms with E-state index in [1.807, 2.05) is 30.3 Å². The van der Waals surface area contributed by atoms with Gasteiger partial charge in [-0.1, -0.05) is 49.6 Å². The minimum atomic E-state index is 0. The first kappa shape index (κ1) is 23.0. The van der Waals surface area contributed by atoms with Crippen molar-refractivity contribution in [3.8, 4) is 11.5 Å². The highest BCUT2D eigenvalue weighted by Gasteiger charge is 2.31. The zero-order chi connectivity index (χ0) is 17.6. The van der Waals surface area contributed by atoms with Crippen molar-refractivity contribution in [2.24, 2.45) is 5.92 Å². The number of nitrogens with one attached hydrogen (secondary N) is 1. The molecular weight excluding hydrogens is 391 g/mol. The topological polar surface area (TPSA) is 24.5 Å². The summed E-state index contributed by atoms with van der Waals surface area (Å²) in [4.78, 5) is 2.70. The number of para-hydroxylation sites is 1. The van der Waals surface area contributed by atoms with Gasteiger partial charge in [0.05, 0.1) is 0 Å². The van der Waals surface area contributed by atoms with Gasteiger partial charge in [0.2, 0.25) is 0 Å². The molecule has 28 heavy (non-hydrogen) atoms. The smallest absolute Gasteiger partial charge is 0.127 e. The molecule has 0 aromatic heterocycles. The minimum Gasteiger partial charge on any atom is -0.457 e. The molecule has 4 rings (SSSR count). The first-order chi connectivity index (χ1) is 12.9. The molecule has 1 aliphatic carbocycles. The molecule has 1 aliphatic heterocycles. The van der Waals surface area contributed by atoms with Crippen LogP contribution in [0.1, 0.15) is 43.7 Å². The Labute approximate surface area is 181 Å². The van der Waals surface area contributed by atoms with E-state index in [1.54, 1.807) is 0 Å². The Morgan fingerprint density at radius 1 is 0.821 bits per heavy atom. The van der Waals surface area contributed by atoms with Gasteiger partial charge in [-0.3, -0.25) is 4.90 Å². The van der Waals surface area contributed by atoms with E-state index >= 15 is 0 Å². The van der Waals surface area contributed by atoms with Gasteiger partial charge in [0.25, 0.3) is 0 Å². The third-order valence-electron chi connectivity index (χ3n) is 5.82. The summed E-state index contributed by atoms with van der Waals surface area (Å²) in [5, 5.41) is 3.50. The lowest BCUT2D eigenvalue weighted by Gasteiger charge is -2.41. The molecule has 2 aromatic rings. The van der Waals surface area contributed by atoms with Gasteiger partial charge in [-0.15, -0.1) is 24.8 Å². The summed E-state index contributed by atoms with van der Waals surface area (Å²) in [5.74, 6) is 2.62. The van der Waals surface area contributed by atoms with Crippen molar-refractivity contribution < 1.29 is 4.74 Å². The lowest BCUT2D eigenvalue weighted by Crippen LogP contribution is -2.47. The van der Waals surface area contributed by atoms with E-state index < -0.39 is 0 Å². The third-order valence-corrected chi connectivity index (χ3v) is 5.82. The van der Waals surface area contributed by atoms with Crippen molar-refractivity contribution in [2.75, 3.05) is 26.2 Å². The zero-order valence-corrected chi connectivity index (χ0v) is 18.0. The lowest BCUT2D eigenvalue weighted by molar-refractivity contribution is 0.103. The maximum atomic E-state index is 6.11. The Balaban J connectivity index is 0.00000140. The molecule has 1 atom stereocenters. The van der Waals surface area contributed by atoms with E-state index in [2.05, 4.69) is 34.5 Å². The Bertz CT molecular complexity index is 668. The summed E-state index contributed by atoms with van der Waals surface area (Å²) in [5.41, 5.74) is 1.42. The second-order valence-corrected chi connectivity index (χ2v) is 7.62. The maximum absolute atomic E-state index is 6.11. The summed E-state index contributed by atoms with van der Waals surface area (Å²) in [7, 11) is 0. The highest BCUT2D eigenvalue weighted by Crippen LogP contribution is 2.39. The van der Waals surface area contributed by atoms with Gasteiger partial charge in [-0.05, 0) is 48.6 Å². The monoisotopic (exact) mass is 422 g/mol. The molecule has 1 N–H and O–H groups in total. The Morgan fingerprint density at radius 3 is 2.21 bits per heavy atom. The predicted octanol–water partition coefficient (Wildman–Crippen LogP) is 5.85. The molecule has 0 radical (unpaired) electrons. The number of rotatable bonds is 5. The maximum Gasteiger partial charge on any atom is 0.127 e. The van der Waals surface area contributed by atoms with E-state index in [0.717, 1.165) is 43.6 Å². The summed E-state index contributed by atoms with van der Waals surface area (Å²) in [6.45, 7) is 4.49. The van der Waals surface area contributed by atoms with Crippen LogP contribution < -0.4 is 10.1 Å². The molecule has 1 heterocycles. The number of piperazine rings is 1. The van der Waals surface area contributed by atoms with Gasteiger partial charge in [-0.2, -0.15) is 0 Å². The van der Waals surface area contributed by atoms with Crippen LogP contribution in [0.4, 0.5) is 0 Å². The highest BCUT2D eigenvalue weighted by molar-refractivity contribution is 5.85. The van der Waals surface area contributed by atoms with Gasteiger partial charge in [0.15, 0.2) is 0 Å². The summed E-state index contributed by atoms with van der Waals surface area (Å²) in [6, 6.07) is 19.4.